The van der Waals surface area contributed by atoms with Crippen molar-refractivity contribution in [2.45, 2.75) is 32.6 Å². The van der Waals surface area contributed by atoms with Gasteiger partial charge in [-0.15, -0.1) is 0 Å². The van der Waals surface area contributed by atoms with Gasteiger partial charge >= 0.3 is 0 Å². The van der Waals surface area contributed by atoms with Crippen molar-refractivity contribution in [3.8, 4) is 11.5 Å². The zero-order chi connectivity index (χ0) is 20.2. The summed E-state index contributed by atoms with van der Waals surface area (Å²) in [5.74, 6) is 0.913. The smallest absolute Gasteiger partial charge is 0.271 e. The number of nitrogens with zero attached hydrogens (tertiary/aromatic N) is 1. The topological polar surface area (TPSA) is 108 Å². The van der Waals surface area contributed by atoms with Crippen molar-refractivity contribution >= 4 is 21.4 Å². The van der Waals surface area contributed by atoms with Crippen LogP contribution >= 0.6 is 0 Å². The van der Waals surface area contributed by atoms with E-state index in [1.165, 1.54) is 12.1 Å². The second-order valence-electron chi connectivity index (χ2n) is 5.78. The van der Waals surface area contributed by atoms with Crippen LogP contribution in [0.3, 0.4) is 0 Å². The summed E-state index contributed by atoms with van der Waals surface area (Å²) in [6.45, 7) is 7.71. The van der Waals surface area contributed by atoms with Crippen molar-refractivity contribution in [3.05, 3.63) is 51.6 Å². The van der Waals surface area contributed by atoms with Gasteiger partial charge in [0.05, 0.1) is 28.7 Å². The standard InChI is InChI=1S/C18H22N2O6S/c1-5-25-16-8-7-14(10-17(16)26-6-2)19-27(23,24)18-11-15(20(21)22)9-12(3)13(18)4/h7-11,19H,5-6H2,1-4H3. The molecule has 146 valence electrons. The molecule has 1 N–H and O–H groups in total. The van der Waals surface area contributed by atoms with Crippen molar-refractivity contribution < 1.29 is 22.8 Å². The van der Waals surface area contributed by atoms with Gasteiger partial charge in [0.15, 0.2) is 11.5 Å². The molecule has 8 nitrogen and oxygen atoms in total. The van der Waals surface area contributed by atoms with Crippen molar-refractivity contribution in [2.24, 2.45) is 0 Å². The number of nitro groups is 1. The lowest BCUT2D eigenvalue weighted by Gasteiger charge is -2.15. The van der Waals surface area contributed by atoms with Gasteiger partial charge in [0.1, 0.15) is 0 Å². The van der Waals surface area contributed by atoms with Gasteiger partial charge in [0.2, 0.25) is 0 Å². The number of hydrogen-bond acceptors (Lipinski definition) is 6. The van der Waals surface area contributed by atoms with E-state index in [9.17, 15) is 18.5 Å². The summed E-state index contributed by atoms with van der Waals surface area (Å²) in [5, 5.41) is 11.1. The van der Waals surface area contributed by atoms with Crippen LogP contribution in [-0.4, -0.2) is 26.6 Å². The molecule has 2 rings (SSSR count). The monoisotopic (exact) mass is 394 g/mol. The number of hydrogen-bond donors (Lipinski definition) is 1. The lowest BCUT2D eigenvalue weighted by molar-refractivity contribution is -0.385. The molecule has 0 aliphatic rings. The van der Waals surface area contributed by atoms with E-state index >= 15 is 0 Å². The van der Waals surface area contributed by atoms with E-state index < -0.39 is 14.9 Å². The quantitative estimate of drug-likeness (QED) is 0.539. The molecular weight excluding hydrogens is 372 g/mol. The fourth-order valence-corrected chi connectivity index (χ4v) is 3.91. The predicted molar refractivity (Wildman–Crippen MR) is 102 cm³/mol. The predicted octanol–water partition coefficient (Wildman–Crippen LogP) is 3.81. The molecule has 27 heavy (non-hydrogen) atoms. The van der Waals surface area contributed by atoms with E-state index in [2.05, 4.69) is 4.72 Å². The Balaban J connectivity index is 2.45. The van der Waals surface area contributed by atoms with Crippen LogP contribution in [0.4, 0.5) is 11.4 Å². The highest BCUT2D eigenvalue weighted by Crippen LogP contribution is 2.32. The Morgan fingerprint density at radius 3 is 2.26 bits per heavy atom. The highest BCUT2D eigenvalue weighted by Gasteiger charge is 2.23. The third-order valence-corrected chi connectivity index (χ3v) is 5.41. The normalized spacial score (nSPS) is 11.1. The third kappa shape index (κ3) is 4.68. The van der Waals surface area contributed by atoms with E-state index in [0.717, 1.165) is 6.07 Å². The average molecular weight is 394 g/mol. The number of sulfonamides is 1. The van der Waals surface area contributed by atoms with Gasteiger partial charge in [0, 0.05) is 18.2 Å². The van der Waals surface area contributed by atoms with Crippen molar-refractivity contribution in [1.82, 2.24) is 0 Å². The van der Waals surface area contributed by atoms with E-state index in [4.69, 9.17) is 9.47 Å². The zero-order valence-corrected chi connectivity index (χ0v) is 16.4. The van der Waals surface area contributed by atoms with Gasteiger partial charge in [-0.2, -0.15) is 0 Å². The molecule has 0 unspecified atom stereocenters. The highest BCUT2D eigenvalue weighted by atomic mass is 32.2. The number of benzene rings is 2. The average Bonchev–Trinajstić information content (AvgIpc) is 2.59. The molecule has 0 fully saturated rings. The van der Waals surface area contributed by atoms with Crippen molar-refractivity contribution in [1.29, 1.82) is 0 Å². The van der Waals surface area contributed by atoms with E-state index in [1.807, 2.05) is 13.8 Å². The number of rotatable bonds is 8. The van der Waals surface area contributed by atoms with E-state index in [-0.39, 0.29) is 16.3 Å². The summed E-state index contributed by atoms with van der Waals surface area (Å²) in [5.41, 5.74) is 0.959. The number of aryl methyl sites for hydroxylation is 1. The summed E-state index contributed by atoms with van der Waals surface area (Å²) >= 11 is 0. The first-order chi connectivity index (χ1) is 12.7. The molecule has 0 radical (unpaired) electrons. The van der Waals surface area contributed by atoms with Crippen molar-refractivity contribution in [3.63, 3.8) is 0 Å². The molecule has 0 amide bonds. The second kappa shape index (κ2) is 8.26. The zero-order valence-electron chi connectivity index (χ0n) is 15.6. The van der Waals surface area contributed by atoms with Crippen LogP contribution in [0.5, 0.6) is 11.5 Å². The number of anilines is 1. The molecule has 0 aliphatic heterocycles. The first kappa shape index (κ1) is 20.5. The van der Waals surface area contributed by atoms with Gasteiger partial charge < -0.3 is 9.47 Å². The Bertz CT molecular complexity index is 957. The van der Waals surface area contributed by atoms with Crippen LogP contribution in [0.2, 0.25) is 0 Å². The maximum atomic E-state index is 12.8. The fraction of sp³-hybridized carbons (Fsp3) is 0.333. The SMILES string of the molecule is CCOc1ccc(NS(=O)(=O)c2cc([N+](=O)[O-])cc(C)c2C)cc1OCC. The summed E-state index contributed by atoms with van der Waals surface area (Å²) < 4.78 is 39.1. The van der Waals surface area contributed by atoms with Crippen LogP contribution in [0, 0.1) is 24.0 Å². The lowest BCUT2D eigenvalue weighted by atomic mass is 10.1. The number of nitrogens with one attached hydrogen (secondary N) is 1. The van der Waals surface area contributed by atoms with Crippen LogP contribution in [0.1, 0.15) is 25.0 Å². The van der Waals surface area contributed by atoms with Gasteiger partial charge in [-0.05, 0) is 51.0 Å². The minimum absolute atomic E-state index is 0.138. The molecule has 0 bridgehead atoms. The van der Waals surface area contributed by atoms with E-state index in [1.54, 1.807) is 26.0 Å². The Kier molecular flexibility index (Phi) is 6.27. The fourth-order valence-electron chi connectivity index (χ4n) is 2.52. The third-order valence-electron chi connectivity index (χ3n) is 3.90. The van der Waals surface area contributed by atoms with Crippen molar-refractivity contribution in [2.75, 3.05) is 17.9 Å². The van der Waals surface area contributed by atoms with Gasteiger partial charge in [-0.3, -0.25) is 14.8 Å². The minimum atomic E-state index is -4.03. The van der Waals surface area contributed by atoms with Crippen LogP contribution in [-0.2, 0) is 10.0 Å². The molecule has 2 aromatic carbocycles. The molecule has 0 saturated carbocycles. The van der Waals surface area contributed by atoms with Gasteiger partial charge in [-0.25, -0.2) is 8.42 Å². The summed E-state index contributed by atoms with van der Waals surface area (Å²) in [7, 11) is -4.03. The summed E-state index contributed by atoms with van der Waals surface area (Å²) in [6.07, 6.45) is 0. The Hall–Kier alpha value is -2.81. The molecule has 0 atom stereocenters. The molecule has 0 heterocycles. The Morgan fingerprint density at radius 1 is 1.04 bits per heavy atom. The molecule has 0 aliphatic carbocycles. The summed E-state index contributed by atoms with van der Waals surface area (Å²) in [6, 6.07) is 7.08. The lowest BCUT2D eigenvalue weighted by Crippen LogP contribution is -2.15. The van der Waals surface area contributed by atoms with Crippen LogP contribution in [0.15, 0.2) is 35.2 Å². The Morgan fingerprint density at radius 2 is 1.67 bits per heavy atom. The van der Waals surface area contributed by atoms with Gasteiger partial charge in [-0.1, -0.05) is 0 Å². The Labute approximate surface area is 158 Å². The molecule has 0 spiro atoms. The van der Waals surface area contributed by atoms with Crippen LogP contribution < -0.4 is 14.2 Å². The maximum Gasteiger partial charge on any atom is 0.271 e. The highest BCUT2D eigenvalue weighted by molar-refractivity contribution is 7.92. The molecular formula is C18H22N2O6S. The molecule has 0 saturated heterocycles. The minimum Gasteiger partial charge on any atom is -0.490 e. The number of nitro benzene ring substituents is 1. The second-order valence-corrected chi connectivity index (χ2v) is 7.43. The first-order valence-electron chi connectivity index (χ1n) is 8.37. The van der Waals surface area contributed by atoms with Crippen LogP contribution in [0.25, 0.3) is 0 Å². The van der Waals surface area contributed by atoms with E-state index in [0.29, 0.717) is 35.8 Å². The first-order valence-corrected chi connectivity index (χ1v) is 9.86. The van der Waals surface area contributed by atoms with Gasteiger partial charge in [0.25, 0.3) is 15.7 Å². The molecule has 2 aromatic rings. The molecule has 0 aromatic heterocycles. The number of ether oxygens (including phenoxy) is 2. The molecule has 9 heteroatoms. The number of non-ortho nitro benzene ring substituents is 1. The largest absolute Gasteiger partial charge is 0.490 e. The maximum absolute atomic E-state index is 12.8. The summed E-state index contributed by atoms with van der Waals surface area (Å²) in [4.78, 5) is 10.3.